The number of thiophene rings is 2. The van der Waals surface area contributed by atoms with Crippen molar-refractivity contribution in [1.29, 1.82) is 0 Å². The summed E-state index contributed by atoms with van der Waals surface area (Å²) in [5, 5.41) is 6.84. The van der Waals surface area contributed by atoms with Crippen LogP contribution in [0.2, 0.25) is 0 Å². The average Bonchev–Trinajstić information content (AvgIpc) is 4.24. The molecule has 4 nitrogen and oxygen atoms in total. The van der Waals surface area contributed by atoms with Gasteiger partial charge in [0.2, 0.25) is 0 Å². The van der Waals surface area contributed by atoms with Crippen molar-refractivity contribution in [3.8, 4) is 67.5 Å². The maximum Gasteiger partial charge on any atom is 0.164 e. The van der Waals surface area contributed by atoms with E-state index in [2.05, 4.69) is 212 Å². The van der Waals surface area contributed by atoms with Gasteiger partial charge in [0.25, 0.3) is 0 Å². The number of nitrogens with zero attached hydrogens (tertiary/aromatic N) is 3. The Morgan fingerprint density at radius 2 is 0.829 bits per heavy atom. The van der Waals surface area contributed by atoms with Gasteiger partial charge in [0.05, 0.1) is 5.41 Å². The Kier molecular flexibility index (Phi) is 7.82. The second kappa shape index (κ2) is 14.2. The van der Waals surface area contributed by atoms with Gasteiger partial charge in [0.15, 0.2) is 17.5 Å². The Hall–Kier alpha value is -8.55. The van der Waals surface area contributed by atoms with Crippen molar-refractivity contribution in [2.75, 3.05) is 0 Å². The summed E-state index contributed by atoms with van der Waals surface area (Å²) in [5.74, 6) is 1.86. The van der Waals surface area contributed by atoms with Gasteiger partial charge in [-0.25, -0.2) is 15.0 Å². The number of rotatable bonds is 4. The van der Waals surface area contributed by atoms with Crippen molar-refractivity contribution >= 4 is 85.0 Å². The zero-order valence-electron chi connectivity index (χ0n) is 37.3. The van der Waals surface area contributed by atoms with Crippen molar-refractivity contribution in [1.82, 2.24) is 15.0 Å². The highest BCUT2D eigenvalue weighted by Crippen LogP contribution is 2.64. The molecule has 2 aliphatic carbocycles. The van der Waals surface area contributed by atoms with Gasteiger partial charge in [0, 0.05) is 67.8 Å². The van der Waals surface area contributed by atoms with Gasteiger partial charge in [-0.3, -0.25) is 0 Å². The van der Waals surface area contributed by atoms with Crippen molar-refractivity contribution in [3.63, 3.8) is 0 Å². The zero-order chi connectivity index (χ0) is 45.7. The first kappa shape index (κ1) is 38.4. The van der Waals surface area contributed by atoms with Gasteiger partial charge in [-0.15, -0.1) is 22.7 Å². The van der Waals surface area contributed by atoms with Crippen LogP contribution in [0.1, 0.15) is 22.3 Å². The quantitative estimate of drug-likeness (QED) is 0.176. The van der Waals surface area contributed by atoms with E-state index in [-0.39, 0.29) is 0 Å². The van der Waals surface area contributed by atoms with Gasteiger partial charge in [-0.2, -0.15) is 0 Å². The highest BCUT2D eigenvalue weighted by molar-refractivity contribution is 7.26. The van der Waals surface area contributed by atoms with Crippen LogP contribution in [0.4, 0.5) is 0 Å². The smallest absolute Gasteiger partial charge is 0.164 e. The maximum atomic E-state index is 6.77. The third-order valence-corrected chi connectivity index (χ3v) is 17.2. The Morgan fingerprint density at radius 3 is 1.59 bits per heavy atom. The molecule has 16 rings (SSSR count). The minimum Gasteiger partial charge on any atom is -0.456 e. The molecule has 4 aromatic heterocycles. The van der Waals surface area contributed by atoms with E-state index in [4.69, 9.17) is 19.4 Å². The number of hydrogen-bond donors (Lipinski definition) is 0. The molecule has 0 N–H and O–H groups in total. The average molecular weight is 926 g/mol. The predicted molar refractivity (Wildman–Crippen MR) is 291 cm³/mol. The molecule has 0 fully saturated rings. The topological polar surface area (TPSA) is 51.8 Å². The first-order valence-corrected chi connectivity index (χ1v) is 25.3. The number of fused-ring (bicyclic) bond motifs is 19. The minimum absolute atomic E-state index is 0.485. The molecule has 0 saturated heterocycles. The molecule has 6 heteroatoms. The molecule has 4 heterocycles. The van der Waals surface area contributed by atoms with E-state index < -0.39 is 5.41 Å². The van der Waals surface area contributed by atoms with Crippen LogP contribution >= 0.6 is 22.7 Å². The molecule has 0 unspecified atom stereocenters. The number of benzene rings is 10. The molecule has 1 spiro atoms. The molecule has 0 bridgehead atoms. The fraction of sp³-hybridized carbons (Fsp3) is 0.0156. The molecule has 0 saturated carbocycles. The molecular formula is C64H35N3OS2. The molecule has 324 valence electrons. The largest absolute Gasteiger partial charge is 0.456 e. The Balaban J connectivity index is 0.936. The third kappa shape index (κ3) is 5.16. The van der Waals surface area contributed by atoms with Crippen molar-refractivity contribution in [2.45, 2.75) is 5.41 Å². The molecule has 0 radical (unpaired) electrons. The lowest BCUT2D eigenvalue weighted by Crippen LogP contribution is -2.26. The lowest BCUT2D eigenvalue weighted by Gasteiger charge is -2.32. The van der Waals surface area contributed by atoms with Crippen LogP contribution in [-0.4, -0.2) is 15.0 Å². The zero-order valence-corrected chi connectivity index (χ0v) is 38.9. The number of furan rings is 1. The highest BCUT2D eigenvalue weighted by atomic mass is 32.1. The molecular weight excluding hydrogens is 891 g/mol. The summed E-state index contributed by atoms with van der Waals surface area (Å²) in [6, 6.07) is 77.2. The van der Waals surface area contributed by atoms with Crippen LogP contribution < -0.4 is 0 Å². The summed E-state index contributed by atoms with van der Waals surface area (Å²) in [4.78, 5) is 16.2. The van der Waals surface area contributed by atoms with Gasteiger partial charge in [-0.1, -0.05) is 170 Å². The van der Waals surface area contributed by atoms with Crippen LogP contribution in [0.25, 0.3) is 130 Å². The summed E-state index contributed by atoms with van der Waals surface area (Å²) in [6.45, 7) is 0. The number of hydrogen-bond acceptors (Lipinski definition) is 6. The van der Waals surface area contributed by atoms with E-state index in [0.29, 0.717) is 17.5 Å². The minimum atomic E-state index is -0.485. The lowest BCUT2D eigenvalue weighted by molar-refractivity contribution is 0.669. The maximum absolute atomic E-state index is 6.77. The molecule has 70 heavy (non-hydrogen) atoms. The van der Waals surface area contributed by atoms with Crippen molar-refractivity contribution in [2.24, 2.45) is 0 Å². The van der Waals surface area contributed by atoms with E-state index in [1.807, 2.05) is 0 Å². The van der Waals surface area contributed by atoms with Crippen LogP contribution in [0, 0.1) is 0 Å². The summed E-state index contributed by atoms with van der Waals surface area (Å²) < 4.78 is 11.7. The van der Waals surface area contributed by atoms with E-state index in [9.17, 15) is 0 Å². The summed E-state index contributed by atoms with van der Waals surface area (Å²) in [5.41, 5.74) is 16.7. The fourth-order valence-electron chi connectivity index (χ4n) is 12.1. The Morgan fingerprint density at radius 1 is 0.314 bits per heavy atom. The molecule has 0 aliphatic heterocycles. The second-order valence-electron chi connectivity index (χ2n) is 18.5. The van der Waals surface area contributed by atoms with Crippen LogP contribution in [-0.2, 0) is 5.41 Å². The van der Waals surface area contributed by atoms with Gasteiger partial charge >= 0.3 is 0 Å². The Labute approximate surface area is 409 Å². The van der Waals surface area contributed by atoms with E-state index in [0.717, 1.165) is 49.6 Å². The SMILES string of the molecule is c1ccc2c(c1)-c1ccccc1C21c2ccccc2-c2cccc(-c3ccc4oc5cccc(-c6nc(-c7ccc8c(c7)sc7ccccc78)nc(-c7cccc8sc9ccccc9c78)n6)c5c4c3)c21. The summed E-state index contributed by atoms with van der Waals surface area (Å²) in [6.07, 6.45) is 0. The summed E-state index contributed by atoms with van der Waals surface area (Å²) >= 11 is 3.60. The molecule has 0 amide bonds. The first-order valence-electron chi connectivity index (χ1n) is 23.7. The van der Waals surface area contributed by atoms with Gasteiger partial charge in [0.1, 0.15) is 11.2 Å². The normalized spacial score (nSPS) is 13.3. The second-order valence-corrected chi connectivity index (χ2v) is 20.7. The van der Waals surface area contributed by atoms with Crippen LogP contribution in [0.3, 0.4) is 0 Å². The lowest BCUT2D eigenvalue weighted by atomic mass is 9.68. The Bertz CT molecular complexity index is 4510. The van der Waals surface area contributed by atoms with Gasteiger partial charge < -0.3 is 4.42 Å². The summed E-state index contributed by atoms with van der Waals surface area (Å²) in [7, 11) is 0. The predicted octanol–water partition coefficient (Wildman–Crippen LogP) is 17.5. The third-order valence-electron chi connectivity index (χ3n) is 15.0. The first-order chi connectivity index (χ1) is 34.7. The van der Waals surface area contributed by atoms with E-state index >= 15 is 0 Å². The molecule has 10 aromatic carbocycles. The standard InChI is InChI=1S/C64H35N3OS2/c1-6-23-49-39(14-1)40-15-2-7-24-50(40)64(49)51-25-8-3-16-41(51)44-20-11-19-38(60(44)64)36-31-33-52-48(34-36)58-46(21-12-26-53(58)68-52)62-65-61(37-30-32-43-42-17-4-9-27-54(42)70-57(43)35-37)66-63(67-62)47-22-13-29-56-59(47)45-18-5-10-28-55(45)69-56/h1-35H. The van der Waals surface area contributed by atoms with Crippen molar-refractivity contribution < 1.29 is 4.42 Å². The van der Waals surface area contributed by atoms with Crippen LogP contribution in [0.5, 0.6) is 0 Å². The molecule has 14 aromatic rings. The molecule has 2 aliphatic rings. The molecule has 0 atom stereocenters. The van der Waals surface area contributed by atoms with E-state index in [1.54, 1.807) is 22.7 Å². The van der Waals surface area contributed by atoms with E-state index in [1.165, 1.54) is 85.0 Å². The van der Waals surface area contributed by atoms with Gasteiger partial charge in [-0.05, 0) is 98.1 Å². The number of aromatic nitrogens is 3. The monoisotopic (exact) mass is 925 g/mol. The van der Waals surface area contributed by atoms with Crippen LogP contribution in [0.15, 0.2) is 217 Å². The fourth-order valence-corrected chi connectivity index (χ4v) is 14.4. The van der Waals surface area contributed by atoms with Crippen molar-refractivity contribution in [3.05, 3.63) is 235 Å². The highest BCUT2D eigenvalue weighted by Gasteiger charge is 2.52.